The standard InChI is InChI=1S/C26H30FN5O/c27-22-8-6-20(7-9-22)17-23-4-1-5-25(29-23)21-3-2-12-31(18-21)19-24-10-11-28-26(30-24)32-13-15-33-16-14-32/h1,4-11,21H,2-3,12-19H2. The minimum absolute atomic E-state index is 0.205. The highest BCUT2D eigenvalue weighted by Gasteiger charge is 2.23. The molecule has 4 heterocycles. The van der Waals surface area contributed by atoms with Gasteiger partial charge in [-0.2, -0.15) is 0 Å². The van der Waals surface area contributed by atoms with Gasteiger partial charge in [-0.15, -0.1) is 0 Å². The van der Waals surface area contributed by atoms with E-state index in [2.05, 4.69) is 33.0 Å². The van der Waals surface area contributed by atoms with Crippen LogP contribution < -0.4 is 4.90 Å². The van der Waals surface area contributed by atoms with Gasteiger partial charge in [-0.1, -0.05) is 18.2 Å². The van der Waals surface area contributed by atoms with Gasteiger partial charge in [0.2, 0.25) is 5.95 Å². The normalized spacial score (nSPS) is 19.5. The molecule has 2 saturated heterocycles. The van der Waals surface area contributed by atoms with Crippen molar-refractivity contribution in [2.45, 2.75) is 31.7 Å². The molecule has 5 rings (SSSR count). The fourth-order valence-corrected chi connectivity index (χ4v) is 4.69. The number of rotatable bonds is 6. The van der Waals surface area contributed by atoms with Crippen molar-refractivity contribution < 1.29 is 9.13 Å². The summed E-state index contributed by atoms with van der Waals surface area (Å²) in [6, 6.07) is 15.0. The average Bonchev–Trinajstić information content (AvgIpc) is 2.87. The van der Waals surface area contributed by atoms with E-state index in [9.17, 15) is 4.39 Å². The van der Waals surface area contributed by atoms with Crippen molar-refractivity contribution in [2.75, 3.05) is 44.3 Å². The number of pyridine rings is 1. The van der Waals surface area contributed by atoms with E-state index in [1.165, 1.54) is 12.1 Å². The molecule has 2 aliphatic rings. The number of hydrogen-bond donors (Lipinski definition) is 0. The second kappa shape index (κ2) is 10.4. The number of halogens is 1. The van der Waals surface area contributed by atoms with Gasteiger partial charge in [-0.05, 0) is 55.3 Å². The monoisotopic (exact) mass is 447 g/mol. The summed E-state index contributed by atoms with van der Waals surface area (Å²) >= 11 is 0. The van der Waals surface area contributed by atoms with Gasteiger partial charge in [0.15, 0.2) is 0 Å². The van der Waals surface area contributed by atoms with E-state index in [-0.39, 0.29) is 5.82 Å². The van der Waals surface area contributed by atoms with Crippen LogP contribution in [0, 0.1) is 5.82 Å². The van der Waals surface area contributed by atoms with Crippen molar-refractivity contribution in [3.63, 3.8) is 0 Å². The predicted molar refractivity (Wildman–Crippen MR) is 126 cm³/mol. The van der Waals surface area contributed by atoms with Crippen molar-refractivity contribution in [1.29, 1.82) is 0 Å². The summed E-state index contributed by atoms with van der Waals surface area (Å²) in [6.07, 6.45) is 4.88. The minimum Gasteiger partial charge on any atom is -0.378 e. The molecule has 0 spiro atoms. The molecular weight excluding hydrogens is 417 g/mol. The van der Waals surface area contributed by atoms with Crippen molar-refractivity contribution in [1.82, 2.24) is 19.9 Å². The molecule has 2 aromatic heterocycles. The fraction of sp³-hybridized carbons (Fsp3) is 0.423. The molecule has 33 heavy (non-hydrogen) atoms. The number of anilines is 1. The summed E-state index contributed by atoms with van der Waals surface area (Å²) in [6.45, 7) is 6.02. The minimum atomic E-state index is -0.205. The van der Waals surface area contributed by atoms with Crippen LogP contribution in [-0.2, 0) is 17.7 Å². The molecule has 1 atom stereocenters. The van der Waals surface area contributed by atoms with Gasteiger partial charge in [0.05, 0.1) is 18.9 Å². The van der Waals surface area contributed by atoms with Gasteiger partial charge in [0, 0.05) is 56.1 Å². The zero-order chi connectivity index (χ0) is 22.5. The Kier molecular flexibility index (Phi) is 6.88. The summed E-state index contributed by atoms with van der Waals surface area (Å²) < 4.78 is 18.7. The lowest BCUT2D eigenvalue weighted by atomic mass is 9.93. The molecule has 0 bridgehead atoms. The van der Waals surface area contributed by atoms with Gasteiger partial charge in [0.1, 0.15) is 5.82 Å². The molecule has 1 aromatic carbocycles. The van der Waals surface area contributed by atoms with Crippen LogP contribution in [0.3, 0.4) is 0 Å². The molecule has 6 nitrogen and oxygen atoms in total. The highest BCUT2D eigenvalue weighted by Crippen LogP contribution is 2.27. The third-order valence-corrected chi connectivity index (χ3v) is 6.43. The van der Waals surface area contributed by atoms with Crippen molar-refractivity contribution in [3.05, 3.63) is 83.2 Å². The Morgan fingerprint density at radius 3 is 2.64 bits per heavy atom. The van der Waals surface area contributed by atoms with Crippen LogP contribution >= 0.6 is 0 Å². The average molecular weight is 448 g/mol. The second-order valence-corrected chi connectivity index (χ2v) is 8.88. The van der Waals surface area contributed by atoms with Gasteiger partial charge in [-0.25, -0.2) is 14.4 Å². The highest BCUT2D eigenvalue weighted by atomic mass is 19.1. The molecule has 3 aromatic rings. The van der Waals surface area contributed by atoms with E-state index in [0.29, 0.717) is 5.92 Å². The molecule has 0 amide bonds. The summed E-state index contributed by atoms with van der Waals surface area (Å²) in [5.74, 6) is 1.01. The third kappa shape index (κ3) is 5.72. The Balaban J connectivity index is 1.23. The maximum atomic E-state index is 13.2. The van der Waals surface area contributed by atoms with Crippen LogP contribution in [0.5, 0.6) is 0 Å². The Labute approximate surface area is 194 Å². The Bertz CT molecular complexity index is 1050. The first-order valence-corrected chi connectivity index (χ1v) is 11.8. The molecule has 172 valence electrons. The van der Waals surface area contributed by atoms with E-state index in [0.717, 1.165) is 93.8 Å². The maximum Gasteiger partial charge on any atom is 0.225 e. The summed E-state index contributed by atoms with van der Waals surface area (Å²) in [4.78, 5) is 19.0. The SMILES string of the molecule is Fc1ccc(Cc2cccc(C3CCCN(Cc4ccnc(N5CCOCC5)n4)C3)n2)cc1. The zero-order valence-corrected chi connectivity index (χ0v) is 18.9. The van der Waals surface area contributed by atoms with Crippen LogP contribution in [0.4, 0.5) is 10.3 Å². The van der Waals surface area contributed by atoms with Crippen LogP contribution in [0.25, 0.3) is 0 Å². The van der Waals surface area contributed by atoms with E-state index in [1.54, 1.807) is 0 Å². The third-order valence-electron chi connectivity index (χ3n) is 6.43. The lowest BCUT2D eigenvalue weighted by Gasteiger charge is -2.32. The Hall–Kier alpha value is -2.90. The largest absolute Gasteiger partial charge is 0.378 e. The Morgan fingerprint density at radius 1 is 0.939 bits per heavy atom. The number of benzene rings is 1. The van der Waals surface area contributed by atoms with Crippen LogP contribution in [-0.4, -0.2) is 59.2 Å². The summed E-state index contributed by atoms with van der Waals surface area (Å²) in [7, 11) is 0. The number of morpholine rings is 1. The lowest BCUT2D eigenvalue weighted by Crippen LogP contribution is -2.38. The van der Waals surface area contributed by atoms with Gasteiger partial charge >= 0.3 is 0 Å². The lowest BCUT2D eigenvalue weighted by molar-refractivity contribution is 0.122. The molecule has 0 saturated carbocycles. The molecule has 0 N–H and O–H groups in total. The molecule has 2 aliphatic heterocycles. The number of hydrogen-bond acceptors (Lipinski definition) is 6. The summed E-state index contributed by atoms with van der Waals surface area (Å²) in [5.41, 5.74) is 4.31. The maximum absolute atomic E-state index is 13.2. The fourth-order valence-electron chi connectivity index (χ4n) is 4.69. The number of likely N-dealkylation sites (tertiary alicyclic amines) is 1. The van der Waals surface area contributed by atoms with Crippen molar-refractivity contribution >= 4 is 5.95 Å². The summed E-state index contributed by atoms with van der Waals surface area (Å²) in [5, 5.41) is 0. The molecular formula is C26H30FN5O. The van der Waals surface area contributed by atoms with Crippen LogP contribution in [0.1, 0.15) is 41.4 Å². The number of nitrogens with zero attached hydrogens (tertiary/aromatic N) is 5. The van der Waals surface area contributed by atoms with Crippen molar-refractivity contribution in [2.24, 2.45) is 0 Å². The molecule has 7 heteroatoms. The first-order chi connectivity index (χ1) is 16.2. The second-order valence-electron chi connectivity index (χ2n) is 8.88. The topological polar surface area (TPSA) is 54.4 Å². The predicted octanol–water partition coefficient (Wildman–Crippen LogP) is 3.82. The van der Waals surface area contributed by atoms with E-state index in [4.69, 9.17) is 14.7 Å². The molecule has 2 fully saturated rings. The van der Waals surface area contributed by atoms with E-state index < -0.39 is 0 Å². The van der Waals surface area contributed by atoms with E-state index >= 15 is 0 Å². The smallest absolute Gasteiger partial charge is 0.225 e. The van der Waals surface area contributed by atoms with Crippen molar-refractivity contribution in [3.8, 4) is 0 Å². The first kappa shape index (κ1) is 21.9. The van der Waals surface area contributed by atoms with Crippen LogP contribution in [0.15, 0.2) is 54.7 Å². The van der Waals surface area contributed by atoms with Crippen LogP contribution in [0.2, 0.25) is 0 Å². The highest BCUT2D eigenvalue weighted by molar-refractivity contribution is 5.31. The quantitative estimate of drug-likeness (QED) is 0.573. The van der Waals surface area contributed by atoms with Gasteiger partial charge < -0.3 is 9.64 Å². The van der Waals surface area contributed by atoms with E-state index in [1.807, 2.05) is 24.4 Å². The zero-order valence-electron chi connectivity index (χ0n) is 18.9. The molecule has 0 aliphatic carbocycles. The molecule has 0 radical (unpaired) electrons. The number of aromatic nitrogens is 3. The van der Waals surface area contributed by atoms with Gasteiger partial charge in [-0.3, -0.25) is 9.88 Å². The first-order valence-electron chi connectivity index (χ1n) is 11.8. The van der Waals surface area contributed by atoms with Gasteiger partial charge in [0.25, 0.3) is 0 Å². The number of ether oxygens (including phenoxy) is 1. The molecule has 1 unspecified atom stereocenters. The number of piperidine rings is 1. The Morgan fingerprint density at radius 2 is 1.79 bits per heavy atom.